The third kappa shape index (κ3) is 5.32. The Morgan fingerprint density at radius 2 is 1.82 bits per heavy atom. The molecule has 0 unspecified atom stereocenters. The van der Waals surface area contributed by atoms with Crippen molar-refractivity contribution in [2.45, 2.75) is 19.7 Å². The second-order valence-corrected chi connectivity index (χ2v) is 5.61. The molecule has 6 nitrogen and oxygen atoms in total. The van der Waals surface area contributed by atoms with E-state index in [-0.39, 0.29) is 29.2 Å². The van der Waals surface area contributed by atoms with Gasteiger partial charge in [0, 0.05) is 11.1 Å². The van der Waals surface area contributed by atoms with Crippen LogP contribution in [0.2, 0.25) is 0 Å². The second kappa shape index (κ2) is 9.03. The van der Waals surface area contributed by atoms with Gasteiger partial charge in [-0.3, -0.25) is 0 Å². The summed E-state index contributed by atoms with van der Waals surface area (Å²) in [5.74, 6) is -1.28. The zero-order valence-corrected chi connectivity index (χ0v) is 15.0. The van der Waals surface area contributed by atoms with Crippen LogP contribution in [0.1, 0.15) is 29.2 Å². The molecular weight excluding hydrogens is 377 g/mol. The van der Waals surface area contributed by atoms with E-state index in [0.29, 0.717) is 5.56 Å². The third-order valence-corrected chi connectivity index (χ3v) is 3.69. The van der Waals surface area contributed by atoms with Crippen molar-refractivity contribution >= 4 is 17.4 Å². The molecule has 2 aromatic carbocycles. The fourth-order valence-electron chi connectivity index (χ4n) is 2.34. The van der Waals surface area contributed by atoms with Crippen LogP contribution in [0.5, 0.6) is 0 Å². The quantitative estimate of drug-likeness (QED) is 0.567. The van der Waals surface area contributed by atoms with Crippen molar-refractivity contribution in [3.8, 4) is 0 Å². The first-order valence-electron chi connectivity index (χ1n) is 8.01. The van der Waals surface area contributed by atoms with Gasteiger partial charge in [-0.15, -0.1) is 0 Å². The summed E-state index contributed by atoms with van der Waals surface area (Å²) in [6.07, 6.45) is -4.45. The van der Waals surface area contributed by atoms with Gasteiger partial charge < -0.3 is 14.8 Å². The number of halogens is 3. The summed E-state index contributed by atoms with van der Waals surface area (Å²) in [7, 11) is 1.23. The van der Waals surface area contributed by atoms with Crippen molar-refractivity contribution < 1.29 is 32.7 Å². The first-order valence-corrected chi connectivity index (χ1v) is 8.01. The average Bonchev–Trinajstić information content (AvgIpc) is 2.66. The molecule has 0 saturated heterocycles. The third-order valence-electron chi connectivity index (χ3n) is 3.69. The molecular formula is C19H17F3N2O4. The zero-order valence-electron chi connectivity index (χ0n) is 15.0. The highest BCUT2D eigenvalue weighted by atomic mass is 19.4. The maximum atomic E-state index is 12.8. The van der Waals surface area contributed by atoms with E-state index in [1.807, 2.05) is 0 Å². The van der Waals surface area contributed by atoms with Crippen molar-refractivity contribution in [2.24, 2.45) is 10.3 Å². The van der Waals surface area contributed by atoms with Gasteiger partial charge in [-0.2, -0.15) is 13.2 Å². The number of hydrogen-bond acceptors (Lipinski definition) is 5. The van der Waals surface area contributed by atoms with Crippen LogP contribution < -0.4 is 0 Å². The molecule has 0 aliphatic heterocycles. The summed E-state index contributed by atoms with van der Waals surface area (Å²) in [4.78, 5) is 21.1. The lowest BCUT2D eigenvalue weighted by Crippen LogP contribution is -2.17. The standard InChI is InChI=1S/C19H17F3N2O4/c1-12(13-7-5-8-15(10-13)19(20,21)22)23-28-11-14-6-3-4-9-16(14)17(18(25)26)24-27-2/h3-10H,11H2,1-2H3,(H,25,26)/b23-12?,24-17+. The molecule has 9 heteroatoms. The summed E-state index contributed by atoms with van der Waals surface area (Å²) in [5, 5.41) is 16.6. The van der Waals surface area contributed by atoms with Crippen LogP contribution in [-0.4, -0.2) is 29.6 Å². The van der Waals surface area contributed by atoms with E-state index in [4.69, 9.17) is 4.84 Å². The van der Waals surface area contributed by atoms with E-state index in [1.54, 1.807) is 18.2 Å². The molecule has 2 aromatic rings. The van der Waals surface area contributed by atoms with E-state index in [0.717, 1.165) is 12.1 Å². The number of carboxylic acid groups (broad SMARTS) is 1. The second-order valence-electron chi connectivity index (χ2n) is 5.61. The SMILES string of the molecule is CO/N=C(/C(=O)O)c1ccccc1CON=C(C)c1cccc(C(F)(F)F)c1. The van der Waals surface area contributed by atoms with Gasteiger partial charge in [0.15, 0.2) is 5.71 Å². The number of hydrogen-bond donors (Lipinski definition) is 1. The molecule has 0 spiro atoms. The van der Waals surface area contributed by atoms with Crippen LogP contribution in [0.3, 0.4) is 0 Å². The summed E-state index contributed by atoms with van der Waals surface area (Å²) in [5.41, 5.74) is 0.167. The van der Waals surface area contributed by atoms with Gasteiger partial charge in [0.2, 0.25) is 0 Å². The number of aliphatic carboxylic acids is 1. The lowest BCUT2D eigenvalue weighted by molar-refractivity contribution is -0.137. The predicted octanol–water partition coefficient (Wildman–Crippen LogP) is 4.08. The first-order chi connectivity index (χ1) is 13.2. The van der Waals surface area contributed by atoms with Crippen LogP contribution in [0.4, 0.5) is 13.2 Å². The van der Waals surface area contributed by atoms with Crippen molar-refractivity contribution in [1.29, 1.82) is 0 Å². The molecule has 0 heterocycles. The lowest BCUT2D eigenvalue weighted by Gasteiger charge is -2.10. The maximum Gasteiger partial charge on any atom is 0.416 e. The van der Waals surface area contributed by atoms with Crippen LogP contribution >= 0.6 is 0 Å². The highest BCUT2D eigenvalue weighted by Crippen LogP contribution is 2.29. The smallest absolute Gasteiger partial charge is 0.416 e. The molecule has 0 radical (unpaired) electrons. The van der Waals surface area contributed by atoms with E-state index in [1.165, 1.54) is 32.2 Å². The Morgan fingerprint density at radius 1 is 1.11 bits per heavy atom. The van der Waals surface area contributed by atoms with Gasteiger partial charge >= 0.3 is 12.1 Å². The largest absolute Gasteiger partial charge is 0.476 e. The van der Waals surface area contributed by atoms with Crippen LogP contribution in [0, 0.1) is 0 Å². The van der Waals surface area contributed by atoms with Crippen molar-refractivity contribution in [1.82, 2.24) is 0 Å². The number of carboxylic acids is 1. The Hall–Kier alpha value is -3.36. The molecule has 0 atom stereocenters. The van der Waals surface area contributed by atoms with Crippen molar-refractivity contribution in [3.63, 3.8) is 0 Å². The Morgan fingerprint density at radius 3 is 2.46 bits per heavy atom. The number of nitrogens with zero attached hydrogens (tertiary/aromatic N) is 2. The van der Waals surface area contributed by atoms with Gasteiger partial charge in [-0.1, -0.05) is 46.7 Å². The van der Waals surface area contributed by atoms with Gasteiger partial charge in [-0.05, 0) is 24.6 Å². The molecule has 0 amide bonds. The van der Waals surface area contributed by atoms with E-state index in [9.17, 15) is 23.1 Å². The van der Waals surface area contributed by atoms with Crippen LogP contribution in [-0.2, 0) is 27.3 Å². The van der Waals surface area contributed by atoms with Crippen LogP contribution in [0.15, 0.2) is 58.8 Å². The minimum atomic E-state index is -4.45. The monoisotopic (exact) mass is 394 g/mol. The number of oxime groups is 2. The van der Waals surface area contributed by atoms with Gasteiger partial charge in [0.05, 0.1) is 11.3 Å². The van der Waals surface area contributed by atoms with Crippen molar-refractivity contribution in [3.05, 3.63) is 70.8 Å². The van der Waals surface area contributed by atoms with Crippen LogP contribution in [0.25, 0.3) is 0 Å². The molecule has 0 aromatic heterocycles. The minimum absolute atomic E-state index is 0.109. The maximum absolute atomic E-state index is 12.8. The number of carbonyl (C=O) groups is 1. The van der Waals surface area contributed by atoms with Crippen molar-refractivity contribution in [2.75, 3.05) is 7.11 Å². The Bertz CT molecular complexity index is 908. The molecule has 148 valence electrons. The van der Waals surface area contributed by atoms with Gasteiger partial charge in [-0.25, -0.2) is 4.79 Å². The summed E-state index contributed by atoms with van der Waals surface area (Å²) in [6.45, 7) is 1.40. The fourth-order valence-corrected chi connectivity index (χ4v) is 2.34. The molecule has 0 aliphatic rings. The molecule has 28 heavy (non-hydrogen) atoms. The van der Waals surface area contributed by atoms with E-state index >= 15 is 0 Å². The summed E-state index contributed by atoms with van der Waals surface area (Å²) >= 11 is 0. The molecule has 0 bridgehead atoms. The van der Waals surface area contributed by atoms with E-state index in [2.05, 4.69) is 15.1 Å². The van der Waals surface area contributed by atoms with Gasteiger partial charge in [0.25, 0.3) is 0 Å². The molecule has 0 saturated carbocycles. The predicted molar refractivity (Wildman–Crippen MR) is 96.1 cm³/mol. The Kier molecular flexibility index (Phi) is 6.75. The normalized spacial score (nSPS) is 12.6. The first kappa shape index (κ1) is 20.9. The lowest BCUT2D eigenvalue weighted by atomic mass is 10.0. The highest BCUT2D eigenvalue weighted by molar-refractivity contribution is 6.42. The molecule has 1 N–H and O–H groups in total. The Labute approximate surface area is 158 Å². The topological polar surface area (TPSA) is 80.5 Å². The number of benzene rings is 2. The molecule has 0 fully saturated rings. The fraction of sp³-hybridized carbons (Fsp3) is 0.211. The number of alkyl halides is 3. The summed E-state index contributed by atoms with van der Waals surface area (Å²) < 4.78 is 38.4. The molecule has 0 aliphatic carbocycles. The van der Waals surface area contributed by atoms with E-state index < -0.39 is 17.7 Å². The molecule has 2 rings (SSSR count). The minimum Gasteiger partial charge on any atom is -0.476 e. The highest BCUT2D eigenvalue weighted by Gasteiger charge is 2.30. The zero-order chi connectivity index (χ0) is 20.7. The number of rotatable bonds is 7. The summed E-state index contributed by atoms with van der Waals surface area (Å²) in [6, 6.07) is 11.2. The Balaban J connectivity index is 2.19. The van der Waals surface area contributed by atoms with Gasteiger partial charge in [0.1, 0.15) is 13.7 Å². The average molecular weight is 394 g/mol.